The van der Waals surface area contributed by atoms with Gasteiger partial charge in [0.2, 0.25) is 4.77 Å². The summed E-state index contributed by atoms with van der Waals surface area (Å²) in [6, 6.07) is 15.7. The molecule has 1 heterocycles. The summed E-state index contributed by atoms with van der Waals surface area (Å²) in [4.78, 5) is 0. The standard InChI is InChI=1S/C18H19N5OS/c1-3-24-16-9-7-15(8-10-16)17-20-21-18(25)23(17)22-19-12-14-6-4-5-13(2)11-14/h4-12,22H,3H2,1-2H3,(H,21,25)/b19-12-. The molecule has 3 rings (SSSR count). The Kier molecular flexibility index (Phi) is 5.25. The molecule has 128 valence electrons. The first-order valence-corrected chi connectivity index (χ1v) is 8.34. The third-order valence-corrected chi connectivity index (χ3v) is 3.78. The van der Waals surface area contributed by atoms with Crippen LogP contribution in [0.15, 0.2) is 53.6 Å². The van der Waals surface area contributed by atoms with Gasteiger partial charge in [0.1, 0.15) is 5.75 Å². The molecule has 7 heteroatoms. The van der Waals surface area contributed by atoms with Crippen molar-refractivity contribution in [3.8, 4) is 17.1 Å². The number of nitrogens with zero attached hydrogens (tertiary/aromatic N) is 3. The van der Waals surface area contributed by atoms with Crippen molar-refractivity contribution in [3.05, 3.63) is 64.4 Å². The van der Waals surface area contributed by atoms with E-state index in [1.54, 1.807) is 10.9 Å². The lowest BCUT2D eigenvalue weighted by Crippen LogP contribution is -2.10. The average Bonchev–Trinajstić information content (AvgIpc) is 2.97. The van der Waals surface area contributed by atoms with Gasteiger partial charge >= 0.3 is 0 Å². The molecule has 0 radical (unpaired) electrons. The summed E-state index contributed by atoms with van der Waals surface area (Å²) in [6.07, 6.45) is 1.74. The molecule has 0 amide bonds. The molecule has 0 saturated heterocycles. The van der Waals surface area contributed by atoms with Crippen LogP contribution in [0, 0.1) is 11.7 Å². The van der Waals surface area contributed by atoms with Crippen molar-refractivity contribution in [3.63, 3.8) is 0 Å². The van der Waals surface area contributed by atoms with Crippen LogP contribution in [0.3, 0.4) is 0 Å². The van der Waals surface area contributed by atoms with Gasteiger partial charge in [0.25, 0.3) is 0 Å². The van der Waals surface area contributed by atoms with Crippen LogP contribution in [0.1, 0.15) is 18.1 Å². The summed E-state index contributed by atoms with van der Waals surface area (Å²) in [6.45, 7) is 4.63. The van der Waals surface area contributed by atoms with Crippen LogP contribution in [-0.2, 0) is 0 Å². The summed E-state index contributed by atoms with van der Waals surface area (Å²) < 4.78 is 7.52. The Morgan fingerprint density at radius 3 is 2.80 bits per heavy atom. The molecule has 3 aromatic rings. The van der Waals surface area contributed by atoms with Gasteiger partial charge in [-0.3, -0.25) is 0 Å². The summed E-state index contributed by atoms with van der Waals surface area (Å²) >= 11 is 5.27. The minimum atomic E-state index is 0.435. The van der Waals surface area contributed by atoms with Crippen LogP contribution in [-0.4, -0.2) is 27.7 Å². The largest absolute Gasteiger partial charge is 0.494 e. The number of ether oxygens (including phenoxy) is 1. The number of rotatable bonds is 6. The summed E-state index contributed by atoms with van der Waals surface area (Å²) in [5, 5.41) is 11.3. The number of H-pyrrole nitrogens is 1. The Hall–Kier alpha value is -2.93. The number of aromatic nitrogens is 3. The minimum absolute atomic E-state index is 0.435. The van der Waals surface area contributed by atoms with E-state index < -0.39 is 0 Å². The van der Waals surface area contributed by atoms with E-state index in [1.165, 1.54) is 5.56 Å². The Balaban J connectivity index is 1.81. The van der Waals surface area contributed by atoms with Gasteiger partial charge in [0.05, 0.1) is 12.8 Å². The zero-order valence-corrected chi connectivity index (χ0v) is 14.9. The second-order valence-electron chi connectivity index (χ2n) is 5.42. The van der Waals surface area contributed by atoms with Crippen molar-refractivity contribution in [2.45, 2.75) is 13.8 Å². The van der Waals surface area contributed by atoms with Crippen LogP contribution < -0.4 is 10.3 Å². The monoisotopic (exact) mass is 353 g/mol. The lowest BCUT2D eigenvalue weighted by atomic mass is 10.2. The third kappa shape index (κ3) is 4.13. The SMILES string of the molecule is CCOc1ccc(-c2n[nH]c(=S)n2N/N=C\c2cccc(C)c2)cc1. The van der Waals surface area contributed by atoms with Crippen molar-refractivity contribution in [2.24, 2.45) is 5.10 Å². The number of aryl methyl sites for hydroxylation is 1. The predicted molar refractivity (Wildman–Crippen MR) is 102 cm³/mol. The fourth-order valence-electron chi connectivity index (χ4n) is 2.36. The van der Waals surface area contributed by atoms with E-state index in [9.17, 15) is 0 Å². The summed E-state index contributed by atoms with van der Waals surface area (Å²) in [5.74, 6) is 1.46. The van der Waals surface area contributed by atoms with Gasteiger partial charge in [0, 0.05) is 5.56 Å². The molecular weight excluding hydrogens is 334 g/mol. The second kappa shape index (κ2) is 7.76. The maximum absolute atomic E-state index is 5.46. The smallest absolute Gasteiger partial charge is 0.216 e. The second-order valence-corrected chi connectivity index (χ2v) is 5.80. The van der Waals surface area contributed by atoms with Crippen molar-refractivity contribution in [1.29, 1.82) is 0 Å². The molecule has 2 aromatic carbocycles. The molecule has 0 aliphatic rings. The van der Waals surface area contributed by atoms with Crippen LogP contribution in [0.5, 0.6) is 5.75 Å². The fraction of sp³-hybridized carbons (Fsp3) is 0.167. The lowest BCUT2D eigenvalue weighted by Gasteiger charge is -2.07. The van der Waals surface area contributed by atoms with E-state index >= 15 is 0 Å². The molecule has 0 fully saturated rings. The van der Waals surface area contributed by atoms with Crippen LogP contribution in [0.2, 0.25) is 0 Å². The molecule has 0 aliphatic heterocycles. The highest BCUT2D eigenvalue weighted by molar-refractivity contribution is 7.71. The molecule has 1 aromatic heterocycles. The molecule has 0 unspecified atom stereocenters. The Morgan fingerprint density at radius 1 is 1.28 bits per heavy atom. The van der Waals surface area contributed by atoms with Crippen LogP contribution in [0.25, 0.3) is 11.4 Å². The quantitative estimate of drug-likeness (QED) is 0.401. The van der Waals surface area contributed by atoms with Gasteiger partial charge in [-0.15, -0.1) is 0 Å². The maximum Gasteiger partial charge on any atom is 0.216 e. The number of hydrazone groups is 1. The highest BCUT2D eigenvalue weighted by atomic mass is 32.1. The van der Waals surface area contributed by atoms with Gasteiger partial charge in [-0.25, -0.2) is 10.6 Å². The lowest BCUT2D eigenvalue weighted by molar-refractivity contribution is 0.340. The molecule has 0 bridgehead atoms. The van der Waals surface area contributed by atoms with E-state index in [1.807, 2.05) is 62.4 Å². The number of hydrogen-bond acceptors (Lipinski definition) is 5. The zero-order chi connectivity index (χ0) is 17.6. The van der Waals surface area contributed by atoms with Crippen molar-refractivity contribution < 1.29 is 4.74 Å². The van der Waals surface area contributed by atoms with E-state index in [0.29, 0.717) is 17.2 Å². The predicted octanol–water partition coefficient (Wildman–Crippen LogP) is 3.89. The van der Waals surface area contributed by atoms with Crippen molar-refractivity contribution in [1.82, 2.24) is 14.9 Å². The first-order chi connectivity index (χ1) is 12.2. The summed E-state index contributed by atoms with van der Waals surface area (Å²) in [7, 11) is 0. The fourth-order valence-corrected chi connectivity index (χ4v) is 2.53. The highest BCUT2D eigenvalue weighted by Gasteiger charge is 2.08. The number of aromatic amines is 1. The summed E-state index contributed by atoms with van der Waals surface area (Å²) in [5.41, 5.74) is 6.01. The van der Waals surface area contributed by atoms with Crippen LogP contribution >= 0.6 is 12.2 Å². The van der Waals surface area contributed by atoms with E-state index in [2.05, 4.69) is 20.8 Å². The molecule has 0 aliphatic carbocycles. The van der Waals surface area contributed by atoms with Crippen LogP contribution in [0.4, 0.5) is 0 Å². The topological polar surface area (TPSA) is 67.2 Å². The average molecular weight is 353 g/mol. The van der Waals surface area contributed by atoms with Gasteiger partial charge in [-0.1, -0.05) is 29.8 Å². The molecule has 0 spiro atoms. The van der Waals surface area contributed by atoms with Gasteiger partial charge in [-0.05, 0) is 55.9 Å². The Labute approximate surface area is 151 Å². The normalized spacial score (nSPS) is 11.0. The molecule has 6 nitrogen and oxygen atoms in total. The zero-order valence-electron chi connectivity index (χ0n) is 14.1. The van der Waals surface area contributed by atoms with Gasteiger partial charge in [0.15, 0.2) is 5.82 Å². The Bertz CT molecular complexity index is 927. The molecule has 0 saturated carbocycles. The van der Waals surface area contributed by atoms with E-state index in [-0.39, 0.29) is 0 Å². The maximum atomic E-state index is 5.46. The number of benzene rings is 2. The van der Waals surface area contributed by atoms with E-state index in [4.69, 9.17) is 17.0 Å². The molecule has 0 atom stereocenters. The number of hydrogen-bond donors (Lipinski definition) is 2. The molecule has 25 heavy (non-hydrogen) atoms. The minimum Gasteiger partial charge on any atom is -0.494 e. The van der Waals surface area contributed by atoms with Gasteiger partial charge in [-0.2, -0.15) is 14.9 Å². The third-order valence-electron chi connectivity index (χ3n) is 3.51. The highest BCUT2D eigenvalue weighted by Crippen LogP contribution is 2.20. The van der Waals surface area contributed by atoms with Crippen molar-refractivity contribution in [2.75, 3.05) is 12.1 Å². The molecular formula is C18H19N5OS. The van der Waals surface area contributed by atoms with E-state index in [0.717, 1.165) is 16.9 Å². The Morgan fingerprint density at radius 2 is 2.08 bits per heavy atom. The first-order valence-electron chi connectivity index (χ1n) is 7.94. The van der Waals surface area contributed by atoms with Gasteiger partial charge < -0.3 is 4.74 Å². The van der Waals surface area contributed by atoms with Crippen molar-refractivity contribution >= 4 is 18.4 Å². The molecule has 2 N–H and O–H groups in total. The number of nitrogens with one attached hydrogen (secondary N) is 2. The first kappa shape index (κ1) is 16.9.